The Kier molecular flexibility index (Phi) is 3.15. The standard InChI is InChI=1S/C12H14ClN3/c1-2-4-10-11(12(14)16-15-10)8-5-3-6-9(13)7-8/h3,5-7H,2,4H2,1H3,(H3,14,15,16). The number of halogens is 1. The van der Waals surface area contributed by atoms with Crippen molar-refractivity contribution in [1.29, 1.82) is 0 Å². The Morgan fingerprint density at radius 1 is 1.44 bits per heavy atom. The lowest BCUT2D eigenvalue weighted by Crippen LogP contribution is -1.90. The Bertz CT molecular complexity index is 491. The van der Waals surface area contributed by atoms with E-state index < -0.39 is 0 Å². The van der Waals surface area contributed by atoms with Crippen LogP contribution in [0.3, 0.4) is 0 Å². The van der Waals surface area contributed by atoms with Crippen LogP contribution in [-0.2, 0) is 6.42 Å². The average Bonchev–Trinajstić information content (AvgIpc) is 2.60. The summed E-state index contributed by atoms with van der Waals surface area (Å²) in [5, 5.41) is 7.73. The van der Waals surface area contributed by atoms with Crippen LogP contribution in [0.5, 0.6) is 0 Å². The van der Waals surface area contributed by atoms with Gasteiger partial charge in [-0.1, -0.05) is 37.1 Å². The highest BCUT2D eigenvalue weighted by atomic mass is 35.5. The van der Waals surface area contributed by atoms with Crippen LogP contribution in [0.25, 0.3) is 11.1 Å². The van der Waals surface area contributed by atoms with Crippen molar-refractivity contribution in [2.45, 2.75) is 19.8 Å². The van der Waals surface area contributed by atoms with Crippen LogP contribution >= 0.6 is 11.6 Å². The Morgan fingerprint density at radius 2 is 2.25 bits per heavy atom. The molecule has 0 aliphatic heterocycles. The number of rotatable bonds is 3. The van der Waals surface area contributed by atoms with Gasteiger partial charge in [-0.05, 0) is 24.1 Å². The van der Waals surface area contributed by atoms with Crippen molar-refractivity contribution in [1.82, 2.24) is 10.2 Å². The molecule has 0 spiro atoms. The number of nitrogens with one attached hydrogen (secondary N) is 1. The fraction of sp³-hybridized carbons (Fsp3) is 0.250. The van der Waals surface area contributed by atoms with Gasteiger partial charge in [-0.25, -0.2) is 0 Å². The number of anilines is 1. The van der Waals surface area contributed by atoms with Crippen LogP contribution in [0, 0.1) is 0 Å². The van der Waals surface area contributed by atoms with E-state index in [0.29, 0.717) is 10.8 Å². The summed E-state index contributed by atoms with van der Waals surface area (Å²) in [4.78, 5) is 0. The number of aryl methyl sites for hydroxylation is 1. The summed E-state index contributed by atoms with van der Waals surface area (Å²) < 4.78 is 0. The zero-order chi connectivity index (χ0) is 11.5. The quantitative estimate of drug-likeness (QED) is 0.858. The van der Waals surface area contributed by atoms with Gasteiger partial charge in [0.25, 0.3) is 0 Å². The van der Waals surface area contributed by atoms with Crippen LogP contribution in [0.2, 0.25) is 5.02 Å². The summed E-state index contributed by atoms with van der Waals surface area (Å²) in [6.45, 7) is 2.12. The van der Waals surface area contributed by atoms with Gasteiger partial charge in [0.2, 0.25) is 0 Å². The van der Waals surface area contributed by atoms with E-state index in [-0.39, 0.29) is 0 Å². The van der Waals surface area contributed by atoms with E-state index in [1.54, 1.807) is 0 Å². The van der Waals surface area contributed by atoms with Crippen molar-refractivity contribution >= 4 is 17.4 Å². The summed E-state index contributed by atoms with van der Waals surface area (Å²) in [6.07, 6.45) is 1.99. The molecule has 0 bridgehead atoms. The molecular weight excluding hydrogens is 222 g/mol. The van der Waals surface area contributed by atoms with E-state index in [9.17, 15) is 0 Å². The predicted molar refractivity (Wildman–Crippen MR) is 67.4 cm³/mol. The Hall–Kier alpha value is -1.48. The maximum Gasteiger partial charge on any atom is 0.153 e. The molecule has 4 heteroatoms. The number of H-pyrrole nitrogens is 1. The highest BCUT2D eigenvalue weighted by Gasteiger charge is 2.12. The number of aromatic amines is 1. The molecule has 1 aromatic heterocycles. The van der Waals surface area contributed by atoms with Crippen molar-refractivity contribution in [2.24, 2.45) is 0 Å². The maximum atomic E-state index is 5.97. The second-order valence-corrected chi connectivity index (χ2v) is 4.16. The lowest BCUT2D eigenvalue weighted by Gasteiger charge is -2.03. The minimum absolute atomic E-state index is 0.533. The van der Waals surface area contributed by atoms with Crippen LogP contribution in [-0.4, -0.2) is 10.2 Å². The molecule has 1 heterocycles. The number of aromatic nitrogens is 2. The van der Waals surface area contributed by atoms with Gasteiger partial charge in [0.1, 0.15) is 0 Å². The molecule has 2 rings (SSSR count). The van der Waals surface area contributed by atoms with E-state index in [1.807, 2.05) is 24.3 Å². The van der Waals surface area contributed by atoms with E-state index in [4.69, 9.17) is 17.3 Å². The molecule has 0 aliphatic carbocycles. The van der Waals surface area contributed by atoms with Crippen molar-refractivity contribution in [3.63, 3.8) is 0 Å². The first kappa shape index (κ1) is 11.0. The van der Waals surface area contributed by atoms with Gasteiger partial charge in [0, 0.05) is 16.3 Å². The molecule has 16 heavy (non-hydrogen) atoms. The monoisotopic (exact) mass is 235 g/mol. The summed E-state index contributed by atoms with van der Waals surface area (Å²) in [6, 6.07) is 7.66. The van der Waals surface area contributed by atoms with Crippen molar-refractivity contribution < 1.29 is 0 Å². The fourth-order valence-electron chi connectivity index (χ4n) is 1.79. The Morgan fingerprint density at radius 3 is 2.94 bits per heavy atom. The first-order valence-electron chi connectivity index (χ1n) is 5.31. The molecule has 0 fully saturated rings. The normalized spacial score (nSPS) is 10.6. The topological polar surface area (TPSA) is 54.7 Å². The zero-order valence-electron chi connectivity index (χ0n) is 9.13. The predicted octanol–water partition coefficient (Wildman–Crippen LogP) is 3.26. The van der Waals surface area contributed by atoms with Crippen LogP contribution in [0.15, 0.2) is 24.3 Å². The van der Waals surface area contributed by atoms with Gasteiger partial charge in [0.15, 0.2) is 5.82 Å². The second-order valence-electron chi connectivity index (χ2n) is 3.72. The van der Waals surface area contributed by atoms with Crippen LogP contribution in [0.4, 0.5) is 5.82 Å². The molecule has 3 N–H and O–H groups in total. The van der Waals surface area contributed by atoms with E-state index in [1.165, 1.54) is 0 Å². The Labute approximate surface area is 99.6 Å². The molecule has 0 unspecified atom stereocenters. The molecule has 84 valence electrons. The third-order valence-corrected chi connectivity index (χ3v) is 2.72. The first-order chi connectivity index (χ1) is 7.72. The van der Waals surface area contributed by atoms with Crippen molar-refractivity contribution in [3.05, 3.63) is 35.0 Å². The van der Waals surface area contributed by atoms with Crippen molar-refractivity contribution in [3.8, 4) is 11.1 Å². The summed E-state index contributed by atoms with van der Waals surface area (Å²) >= 11 is 5.97. The number of nitrogens with zero attached hydrogens (tertiary/aromatic N) is 1. The van der Waals surface area contributed by atoms with Gasteiger partial charge in [-0.3, -0.25) is 5.10 Å². The third-order valence-electron chi connectivity index (χ3n) is 2.48. The minimum atomic E-state index is 0.533. The zero-order valence-corrected chi connectivity index (χ0v) is 9.88. The molecule has 0 aliphatic rings. The van der Waals surface area contributed by atoms with Crippen molar-refractivity contribution in [2.75, 3.05) is 5.73 Å². The highest BCUT2D eigenvalue weighted by Crippen LogP contribution is 2.30. The lowest BCUT2D eigenvalue weighted by atomic mass is 10.0. The summed E-state index contributed by atoms with van der Waals surface area (Å²) in [7, 11) is 0. The van der Waals surface area contributed by atoms with Crippen LogP contribution in [0.1, 0.15) is 19.0 Å². The molecule has 2 aromatic rings. The minimum Gasteiger partial charge on any atom is -0.382 e. The average molecular weight is 236 g/mol. The molecule has 0 amide bonds. The molecule has 0 radical (unpaired) electrons. The SMILES string of the molecule is CCCc1[nH]nc(N)c1-c1cccc(Cl)c1. The number of hydrogen-bond donors (Lipinski definition) is 2. The van der Waals surface area contributed by atoms with E-state index >= 15 is 0 Å². The summed E-state index contributed by atoms with van der Waals surface area (Å²) in [5.74, 6) is 0.533. The number of hydrogen-bond acceptors (Lipinski definition) is 2. The van der Waals surface area contributed by atoms with Crippen LogP contribution < -0.4 is 5.73 Å². The highest BCUT2D eigenvalue weighted by molar-refractivity contribution is 6.30. The number of benzene rings is 1. The van der Waals surface area contributed by atoms with Gasteiger partial charge >= 0.3 is 0 Å². The largest absolute Gasteiger partial charge is 0.382 e. The fourth-order valence-corrected chi connectivity index (χ4v) is 1.98. The second kappa shape index (κ2) is 4.58. The number of nitrogens with two attached hydrogens (primary N) is 1. The maximum absolute atomic E-state index is 5.97. The first-order valence-corrected chi connectivity index (χ1v) is 5.68. The molecule has 0 atom stereocenters. The van der Waals surface area contributed by atoms with Gasteiger partial charge in [-0.15, -0.1) is 0 Å². The number of nitrogen functional groups attached to an aromatic ring is 1. The molecule has 0 saturated carbocycles. The molecule has 3 nitrogen and oxygen atoms in total. The summed E-state index contributed by atoms with van der Waals surface area (Å²) in [5.41, 5.74) is 8.93. The van der Waals surface area contributed by atoms with Gasteiger partial charge in [-0.2, -0.15) is 5.10 Å². The smallest absolute Gasteiger partial charge is 0.153 e. The lowest BCUT2D eigenvalue weighted by molar-refractivity contribution is 0.869. The third kappa shape index (κ3) is 2.04. The van der Waals surface area contributed by atoms with Gasteiger partial charge in [0.05, 0.1) is 0 Å². The Balaban J connectivity index is 2.50. The van der Waals surface area contributed by atoms with E-state index in [0.717, 1.165) is 29.7 Å². The van der Waals surface area contributed by atoms with Gasteiger partial charge < -0.3 is 5.73 Å². The molecular formula is C12H14ClN3. The molecule has 1 aromatic carbocycles. The molecule has 0 saturated heterocycles. The van der Waals surface area contributed by atoms with E-state index in [2.05, 4.69) is 17.1 Å².